The molecule has 10 heteroatoms. The first-order valence-electron chi connectivity index (χ1n) is 7.93. The fourth-order valence-electron chi connectivity index (χ4n) is 3.24. The summed E-state index contributed by atoms with van der Waals surface area (Å²) < 4.78 is 77.6. The number of hydrogen-bond donors (Lipinski definition) is 2. The normalized spacial score (nSPS) is 24.1. The number of alkyl halides is 6. The van der Waals surface area contributed by atoms with Gasteiger partial charge in [-0.2, -0.15) is 26.3 Å². The Labute approximate surface area is 144 Å². The van der Waals surface area contributed by atoms with Gasteiger partial charge in [0.2, 0.25) is 0 Å². The molecule has 144 valence electrons. The van der Waals surface area contributed by atoms with E-state index in [4.69, 9.17) is 0 Å². The first-order chi connectivity index (χ1) is 11.9. The Bertz CT molecular complexity index is 805. The molecule has 0 unspecified atom stereocenters. The molecule has 1 aliphatic rings. The van der Waals surface area contributed by atoms with Gasteiger partial charge in [0.1, 0.15) is 5.82 Å². The van der Waals surface area contributed by atoms with Gasteiger partial charge >= 0.3 is 12.4 Å². The molecule has 4 nitrogen and oxygen atoms in total. The average molecular weight is 381 g/mol. The van der Waals surface area contributed by atoms with Crippen molar-refractivity contribution in [1.29, 1.82) is 0 Å². The van der Waals surface area contributed by atoms with Gasteiger partial charge in [-0.1, -0.05) is 0 Å². The number of rotatable bonds is 4. The molecule has 1 aromatic carbocycles. The number of nitrogens with zero attached hydrogens (tertiary/aromatic N) is 2. The topological polar surface area (TPSA) is 50.1 Å². The lowest BCUT2D eigenvalue weighted by molar-refractivity contribution is -0.298. The largest absolute Gasteiger partial charge is 0.417 e. The molecule has 3 rings (SSSR count). The van der Waals surface area contributed by atoms with Gasteiger partial charge in [0, 0.05) is 7.05 Å². The van der Waals surface area contributed by atoms with Crippen molar-refractivity contribution in [3.63, 3.8) is 0 Å². The summed E-state index contributed by atoms with van der Waals surface area (Å²) in [6, 6.07) is 3.28. The fourth-order valence-corrected chi connectivity index (χ4v) is 3.24. The molecule has 1 aliphatic carbocycles. The molecular formula is C16H17F6N3O. The van der Waals surface area contributed by atoms with Crippen molar-refractivity contribution in [3.05, 3.63) is 29.6 Å². The van der Waals surface area contributed by atoms with E-state index < -0.39 is 23.5 Å². The number of fused-ring (bicyclic) bond motifs is 1. The summed E-state index contributed by atoms with van der Waals surface area (Å²) in [5.74, 6) is 0.165. The van der Waals surface area contributed by atoms with Gasteiger partial charge in [-0.15, -0.1) is 0 Å². The van der Waals surface area contributed by atoms with Gasteiger partial charge in [-0.05, 0) is 43.5 Å². The van der Waals surface area contributed by atoms with E-state index in [1.165, 1.54) is 6.07 Å². The first kappa shape index (κ1) is 19.0. The molecule has 0 atom stereocenters. The highest BCUT2D eigenvalue weighted by molar-refractivity contribution is 5.77. The van der Waals surface area contributed by atoms with Crippen LogP contribution in [0.1, 0.15) is 24.2 Å². The molecule has 26 heavy (non-hydrogen) atoms. The van der Waals surface area contributed by atoms with E-state index in [-0.39, 0.29) is 37.4 Å². The number of hydrogen-bond acceptors (Lipinski definition) is 3. The summed E-state index contributed by atoms with van der Waals surface area (Å²) in [6.45, 7) is 0.461. The minimum Gasteiger partial charge on any atom is -0.380 e. The standard InChI is InChI=1S/C16H17F6N3O/c1-25-12-3-2-10(15(17,18)19)4-11(12)24-13(25)8-23-7-9-5-14(26,6-9)16(20,21)22/h2-4,9,23,26H,5-8H2,1H3. The highest BCUT2D eigenvalue weighted by Gasteiger charge is 2.60. The number of aromatic nitrogens is 2. The van der Waals surface area contributed by atoms with Crippen LogP contribution in [0.5, 0.6) is 0 Å². The smallest absolute Gasteiger partial charge is 0.380 e. The zero-order valence-electron chi connectivity index (χ0n) is 13.7. The molecule has 0 spiro atoms. The number of halogens is 6. The second kappa shape index (κ2) is 6.12. The SMILES string of the molecule is Cn1c(CNCC2CC(O)(C(F)(F)F)C2)nc2cc(C(F)(F)F)ccc21. The van der Waals surface area contributed by atoms with Gasteiger partial charge in [0.15, 0.2) is 5.60 Å². The van der Waals surface area contributed by atoms with Crippen molar-refractivity contribution in [2.45, 2.75) is 37.3 Å². The second-order valence-corrected chi connectivity index (χ2v) is 6.72. The maximum absolute atomic E-state index is 12.8. The van der Waals surface area contributed by atoms with Crippen LogP contribution in [-0.4, -0.2) is 33.0 Å². The maximum Gasteiger partial charge on any atom is 0.417 e. The van der Waals surface area contributed by atoms with Crippen LogP contribution in [0.3, 0.4) is 0 Å². The van der Waals surface area contributed by atoms with Crippen LogP contribution in [0.4, 0.5) is 26.3 Å². The van der Waals surface area contributed by atoms with Crippen molar-refractivity contribution in [3.8, 4) is 0 Å². The molecule has 0 radical (unpaired) electrons. The van der Waals surface area contributed by atoms with Crippen LogP contribution in [0.2, 0.25) is 0 Å². The van der Waals surface area contributed by atoms with Crippen LogP contribution in [-0.2, 0) is 19.8 Å². The van der Waals surface area contributed by atoms with Crippen LogP contribution >= 0.6 is 0 Å². The third-order valence-electron chi connectivity index (χ3n) is 4.80. The van der Waals surface area contributed by atoms with Crippen LogP contribution in [0.15, 0.2) is 18.2 Å². The number of aliphatic hydroxyl groups is 1. The van der Waals surface area contributed by atoms with Gasteiger partial charge in [0.25, 0.3) is 0 Å². The van der Waals surface area contributed by atoms with Crippen molar-refractivity contribution in [2.75, 3.05) is 6.54 Å². The molecule has 1 aromatic heterocycles. The Balaban J connectivity index is 1.61. The van der Waals surface area contributed by atoms with Crippen LogP contribution in [0, 0.1) is 5.92 Å². The van der Waals surface area contributed by atoms with E-state index in [1.807, 2.05) is 0 Å². The Kier molecular flexibility index (Phi) is 4.47. The molecule has 1 fully saturated rings. The predicted molar refractivity (Wildman–Crippen MR) is 81.2 cm³/mol. The van der Waals surface area contributed by atoms with Gasteiger partial charge in [-0.25, -0.2) is 4.98 Å². The first-order valence-corrected chi connectivity index (χ1v) is 7.93. The van der Waals surface area contributed by atoms with E-state index in [0.717, 1.165) is 12.1 Å². The Morgan fingerprint density at radius 3 is 2.46 bits per heavy atom. The summed E-state index contributed by atoms with van der Waals surface area (Å²) in [5, 5.41) is 12.4. The lowest BCUT2D eigenvalue weighted by Gasteiger charge is -2.44. The Hall–Kier alpha value is -1.81. The zero-order valence-corrected chi connectivity index (χ0v) is 13.7. The monoisotopic (exact) mass is 381 g/mol. The third-order valence-corrected chi connectivity index (χ3v) is 4.80. The molecule has 1 saturated carbocycles. The third kappa shape index (κ3) is 3.39. The molecular weight excluding hydrogens is 364 g/mol. The zero-order chi connectivity index (χ0) is 19.3. The van der Waals surface area contributed by atoms with E-state index in [0.29, 0.717) is 11.3 Å². The van der Waals surface area contributed by atoms with Crippen molar-refractivity contribution in [1.82, 2.24) is 14.9 Å². The van der Waals surface area contributed by atoms with Crippen LogP contribution in [0.25, 0.3) is 11.0 Å². The highest BCUT2D eigenvalue weighted by atomic mass is 19.4. The number of nitrogens with one attached hydrogen (secondary N) is 1. The van der Waals surface area contributed by atoms with Crippen molar-refractivity contribution in [2.24, 2.45) is 13.0 Å². The molecule has 2 N–H and O–H groups in total. The van der Waals surface area contributed by atoms with Gasteiger partial charge < -0.3 is 15.0 Å². The summed E-state index contributed by atoms with van der Waals surface area (Å²) in [4.78, 5) is 4.17. The molecule has 0 saturated heterocycles. The van der Waals surface area contributed by atoms with E-state index in [9.17, 15) is 31.4 Å². The minimum absolute atomic E-state index is 0.202. The van der Waals surface area contributed by atoms with Crippen molar-refractivity contribution >= 4 is 11.0 Å². The molecule has 1 heterocycles. The quantitative estimate of drug-likeness (QED) is 0.799. The van der Waals surface area contributed by atoms with Gasteiger partial charge in [0.05, 0.1) is 23.1 Å². The number of aryl methyl sites for hydroxylation is 1. The average Bonchev–Trinajstić information content (AvgIpc) is 2.79. The maximum atomic E-state index is 12.8. The van der Waals surface area contributed by atoms with E-state index >= 15 is 0 Å². The van der Waals surface area contributed by atoms with Crippen molar-refractivity contribution < 1.29 is 31.4 Å². The number of imidazole rings is 1. The number of benzene rings is 1. The molecule has 0 aliphatic heterocycles. The summed E-state index contributed by atoms with van der Waals surface area (Å²) in [5.41, 5.74) is -2.66. The summed E-state index contributed by atoms with van der Waals surface area (Å²) in [6.07, 6.45) is -9.80. The van der Waals surface area contributed by atoms with E-state index in [1.54, 1.807) is 11.6 Å². The second-order valence-electron chi connectivity index (χ2n) is 6.72. The van der Waals surface area contributed by atoms with Crippen LogP contribution < -0.4 is 5.32 Å². The molecule has 2 aromatic rings. The predicted octanol–water partition coefficient (Wildman–Crippen LogP) is 3.39. The lowest BCUT2D eigenvalue weighted by Crippen LogP contribution is -2.57. The van der Waals surface area contributed by atoms with Gasteiger partial charge in [-0.3, -0.25) is 0 Å². The van der Waals surface area contributed by atoms with E-state index in [2.05, 4.69) is 10.3 Å². The fraction of sp³-hybridized carbons (Fsp3) is 0.562. The Morgan fingerprint density at radius 2 is 1.88 bits per heavy atom. The molecule has 0 bridgehead atoms. The highest BCUT2D eigenvalue weighted by Crippen LogP contribution is 2.48. The lowest BCUT2D eigenvalue weighted by atomic mass is 9.70. The Morgan fingerprint density at radius 1 is 1.23 bits per heavy atom. The summed E-state index contributed by atoms with van der Waals surface area (Å²) >= 11 is 0. The minimum atomic E-state index is -4.63. The molecule has 0 amide bonds. The summed E-state index contributed by atoms with van der Waals surface area (Å²) in [7, 11) is 1.66.